The van der Waals surface area contributed by atoms with E-state index in [0.717, 1.165) is 6.42 Å². The van der Waals surface area contributed by atoms with E-state index in [1.54, 1.807) is 0 Å². The van der Waals surface area contributed by atoms with E-state index < -0.39 is 0 Å². The molecule has 12 heavy (non-hydrogen) atoms. The standard InChI is InChI=1S/C11H23.Na.H/c1-3-5-7-9-11-10-8-6-4-2;;/h1,3-11H2,2H3;;. The maximum atomic E-state index is 3.83. The van der Waals surface area contributed by atoms with Crippen LogP contribution in [0.1, 0.15) is 64.7 Å². The van der Waals surface area contributed by atoms with Gasteiger partial charge >= 0.3 is 29.6 Å². The Morgan fingerprint density at radius 3 is 1.58 bits per heavy atom. The van der Waals surface area contributed by atoms with Crippen molar-refractivity contribution in [3.63, 3.8) is 0 Å². The second kappa shape index (κ2) is 14.5. The van der Waals surface area contributed by atoms with E-state index >= 15 is 0 Å². The molecule has 0 aromatic carbocycles. The van der Waals surface area contributed by atoms with E-state index in [2.05, 4.69) is 13.8 Å². The molecule has 1 heteroatoms. The molecule has 0 spiro atoms. The molecule has 0 fully saturated rings. The Balaban J connectivity index is 0. The molecule has 0 aliphatic rings. The van der Waals surface area contributed by atoms with Crippen molar-refractivity contribution in [2.24, 2.45) is 0 Å². The van der Waals surface area contributed by atoms with Gasteiger partial charge < -0.3 is 0 Å². The third-order valence-corrected chi connectivity index (χ3v) is 2.10. The van der Waals surface area contributed by atoms with E-state index in [-0.39, 0.29) is 29.6 Å². The van der Waals surface area contributed by atoms with Gasteiger partial charge in [-0.1, -0.05) is 71.6 Å². The summed E-state index contributed by atoms with van der Waals surface area (Å²) in [6.45, 7) is 6.10. The Bertz CT molecular complexity index is 54.0. The molecule has 0 aromatic heterocycles. The maximum absolute atomic E-state index is 3.83. The average Bonchev–Trinajstić information content (AvgIpc) is 2.03. The predicted octanol–water partition coefficient (Wildman–Crippen LogP) is 3.70. The zero-order chi connectivity index (χ0) is 8.36. The molecule has 0 aromatic rings. The number of hydrogen-bond donors (Lipinski definition) is 0. The molecule has 0 amide bonds. The van der Waals surface area contributed by atoms with E-state index in [4.69, 9.17) is 0 Å². The summed E-state index contributed by atoms with van der Waals surface area (Å²) in [5.41, 5.74) is 0. The van der Waals surface area contributed by atoms with Crippen LogP contribution in [-0.4, -0.2) is 29.6 Å². The van der Waals surface area contributed by atoms with E-state index in [0.29, 0.717) is 0 Å². The van der Waals surface area contributed by atoms with E-state index in [9.17, 15) is 0 Å². The molecule has 0 nitrogen and oxygen atoms in total. The zero-order valence-corrected chi connectivity index (χ0v) is 8.07. The molecule has 0 bridgehead atoms. The van der Waals surface area contributed by atoms with Crippen molar-refractivity contribution in [3.05, 3.63) is 6.92 Å². The van der Waals surface area contributed by atoms with Gasteiger partial charge in [-0.25, -0.2) is 0 Å². The normalized spacial score (nSPS) is 9.50. The third-order valence-electron chi connectivity index (χ3n) is 2.10. The van der Waals surface area contributed by atoms with Gasteiger partial charge in [0.1, 0.15) is 0 Å². The quantitative estimate of drug-likeness (QED) is 0.393. The summed E-state index contributed by atoms with van der Waals surface area (Å²) in [5.74, 6) is 0. The average molecular weight is 179 g/mol. The van der Waals surface area contributed by atoms with Gasteiger partial charge in [0.2, 0.25) is 0 Å². The first kappa shape index (κ1) is 15.5. The van der Waals surface area contributed by atoms with Crippen LogP contribution < -0.4 is 0 Å². The number of hydrogen-bond acceptors (Lipinski definition) is 0. The van der Waals surface area contributed by atoms with Crippen LogP contribution in [0.2, 0.25) is 0 Å². The fraction of sp³-hybridized carbons (Fsp3) is 0.909. The topological polar surface area (TPSA) is 0 Å². The van der Waals surface area contributed by atoms with Gasteiger partial charge in [-0.2, -0.15) is 0 Å². The van der Waals surface area contributed by atoms with Gasteiger partial charge in [0.15, 0.2) is 0 Å². The minimum atomic E-state index is 0. The molecule has 0 saturated carbocycles. The van der Waals surface area contributed by atoms with Crippen LogP contribution in [-0.2, 0) is 0 Å². The molecule has 0 heterocycles. The van der Waals surface area contributed by atoms with Crippen LogP contribution in [0.15, 0.2) is 0 Å². The Morgan fingerprint density at radius 1 is 0.750 bits per heavy atom. The molecule has 0 aliphatic carbocycles. The first-order valence-corrected chi connectivity index (χ1v) is 5.21. The van der Waals surface area contributed by atoms with Gasteiger partial charge in [-0.3, -0.25) is 0 Å². The summed E-state index contributed by atoms with van der Waals surface area (Å²) in [6.07, 6.45) is 12.4. The first-order valence-electron chi connectivity index (χ1n) is 5.21. The predicted molar refractivity (Wildman–Crippen MR) is 59.7 cm³/mol. The molecule has 0 saturated heterocycles. The summed E-state index contributed by atoms with van der Waals surface area (Å²) in [7, 11) is 0. The van der Waals surface area contributed by atoms with Crippen molar-refractivity contribution >= 4 is 29.6 Å². The zero-order valence-electron chi connectivity index (χ0n) is 8.07. The Morgan fingerprint density at radius 2 is 1.17 bits per heavy atom. The molecule has 69 valence electrons. The van der Waals surface area contributed by atoms with Gasteiger partial charge in [0.05, 0.1) is 0 Å². The second-order valence-electron chi connectivity index (χ2n) is 3.33. The van der Waals surface area contributed by atoms with E-state index in [1.165, 1.54) is 51.4 Å². The second-order valence-corrected chi connectivity index (χ2v) is 3.33. The Hall–Kier alpha value is 1.00. The third kappa shape index (κ3) is 13.6. The number of rotatable bonds is 8. The van der Waals surface area contributed by atoms with Crippen molar-refractivity contribution in [1.29, 1.82) is 0 Å². The van der Waals surface area contributed by atoms with Crippen LogP contribution in [0.25, 0.3) is 0 Å². The van der Waals surface area contributed by atoms with Crippen molar-refractivity contribution in [2.45, 2.75) is 64.7 Å². The molecule has 0 atom stereocenters. The fourth-order valence-corrected chi connectivity index (χ4v) is 1.31. The number of unbranched alkanes of at least 4 members (excludes halogenated alkanes) is 8. The van der Waals surface area contributed by atoms with Crippen molar-refractivity contribution in [1.82, 2.24) is 0 Å². The van der Waals surface area contributed by atoms with Crippen LogP contribution in [0.5, 0.6) is 0 Å². The van der Waals surface area contributed by atoms with Gasteiger partial charge in [-0.05, 0) is 0 Å². The summed E-state index contributed by atoms with van der Waals surface area (Å²) in [4.78, 5) is 0. The molecule has 1 radical (unpaired) electrons. The molecule has 0 N–H and O–H groups in total. The van der Waals surface area contributed by atoms with Crippen LogP contribution in [0, 0.1) is 6.92 Å². The van der Waals surface area contributed by atoms with Gasteiger partial charge in [-0.15, -0.1) is 0 Å². The summed E-state index contributed by atoms with van der Waals surface area (Å²) < 4.78 is 0. The fourth-order valence-electron chi connectivity index (χ4n) is 1.31. The first-order chi connectivity index (χ1) is 5.41. The Kier molecular flexibility index (Phi) is 18.7. The molecule has 0 aliphatic heterocycles. The molecule has 0 rings (SSSR count). The summed E-state index contributed by atoms with van der Waals surface area (Å²) in [5, 5.41) is 0. The SMILES string of the molecule is [CH2]CCCCCCCCCC.[NaH]. The van der Waals surface area contributed by atoms with Crippen LogP contribution in [0.3, 0.4) is 0 Å². The summed E-state index contributed by atoms with van der Waals surface area (Å²) in [6, 6.07) is 0. The van der Waals surface area contributed by atoms with Crippen molar-refractivity contribution in [3.8, 4) is 0 Å². The Labute approximate surface area is 101 Å². The van der Waals surface area contributed by atoms with Crippen LogP contribution in [0.4, 0.5) is 0 Å². The molecular formula is C11H24Na. The van der Waals surface area contributed by atoms with Crippen molar-refractivity contribution in [2.75, 3.05) is 0 Å². The van der Waals surface area contributed by atoms with Crippen LogP contribution >= 0.6 is 0 Å². The van der Waals surface area contributed by atoms with E-state index in [1.807, 2.05) is 0 Å². The minimum absolute atomic E-state index is 0. The monoisotopic (exact) mass is 179 g/mol. The van der Waals surface area contributed by atoms with Crippen molar-refractivity contribution < 1.29 is 0 Å². The summed E-state index contributed by atoms with van der Waals surface area (Å²) >= 11 is 0. The molecule has 0 unspecified atom stereocenters. The molecular weight excluding hydrogens is 155 g/mol. The van der Waals surface area contributed by atoms with Gasteiger partial charge in [0, 0.05) is 0 Å². The van der Waals surface area contributed by atoms with Gasteiger partial charge in [0.25, 0.3) is 0 Å².